The molecular weight excluding hydrogens is 575 g/mol. The highest BCUT2D eigenvalue weighted by molar-refractivity contribution is 6.11. The molecule has 3 aromatic rings. The summed E-state index contributed by atoms with van der Waals surface area (Å²) in [5, 5.41) is 22.4. The Morgan fingerprint density at radius 1 is 0.956 bits per heavy atom. The molecule has 0 atom stereocenters. The van der Waals surface area contributed by atoms with Crippen molar-refractivity contribution in [3.8, 4) is 11.1 Å². The van der Waals surface area contributed by atoms with E-state index in [-0.39, 0.29) is 23.6 Å². The number of aliphatic hydroxyl groups is 1. The third-order valence-electron chi connectivity index (χ3n) is 9.30. The number of nitrogens with zero attached hydrogens (tertiary/aromatic N) is 7. The van der Waals surface area contributed by atoms with Gasteiger partial charge >= 0.3 is 0 Å². The number of anilines is 4. The van der Waals surface area contributed by atoms with Gasteiger partial charge in [0.15, 0.2) is 11.6 Å². The Labute approximate surface area is 260 Å². The molecule has 3 aliphatic heterocycles. The van der Waals surface area contributed by atoms with Crippen LogP contribution in [-0.4, -0.2) is 81.8 Å². The summed E-state index contributed by atoms with van der Waals surface area (Å²) in [5.41, 5.74) is 4.60. The number of pyridine rings is 1. The van der Waals surface area contributed by atoms with E-state index in [4.69, 9.17) is 0 Å². The normalized spacial score (nSPS) is 18.7. The molecule has 7 rings (SSSR count). The number of carbonyl (C=O) groups excluding carboxylic acids is 1. The van der Waals surface area contributed by atoms with Gasteiger partial charge in [-0.05, 0) is 68.6 Å². The number of ketones is 1. The van der Waals surface area contributed by atoms with E-state index in [1.54, 1.807) is 31.6 Å². The first-order valence-electron chi connectivity index (χ1n) is 15.5. The first kappa shape index (κ1) is 29.2. The van der Waals surface area contributed by atoms with Crippen LogP contribution in [0, 0.1) is 5.82 Å². The lowest BCUT2D eigenvalue weighted by Crippen LogP contribution is -2.44. The molecule has 5 heterocycles. The van der Waals surface area contributed by atoms with Crippen molar-refractivity contribution in [2.75, 3.05) is 61.4 Å². The third-order valence-corrected chi connectivity index (χ3v) is 9.30. The average molecular weight is 613 g/mol. The van der Waals surface area contributed by atoms with E-state index in [1.165, 1.54) is 16.7 Å². The lowest BCUT2D eigenvalue weighted by atomic mass is 9.96. The zero-order valence-electron chi connectivity index (χ0n) is 25.6. The molecule has 1 saturated heterocycles. The molecule has 0 unspecified atom stereocenters. The first-order chi connectivity index (χ1) is 21.8. The Kier molecular flexibility index (Phi) is 7.62. The standard InChI is InChI=1S/C33H37FN8O3/c1-38-9-11-40(12-10-38)31-8-7-30(36-37-31)35-26-15-21(18-39(2)33(26)45)24-16-22(34)17-28(25(24)20-43)41-13-14-42-27-6-4-3-5-23(27)32(44)29(42)19-41/h7-8,15-19,43H,3-6,9-14,20H2,1-2H3,(H,35,36). The lowest BCUT2D eigenvalue weighted by Gasteiger charge is -2.35. The summed E-state index contributed by atoms with van der Waals surface area (Å²) in [5.74, 6) is 0.750. The first-order valence-corrected chi connectivity index (χ1v) is 15.5. The molecule has 2 aromatic heterocycles. The number of nitrogens with one attached hydrogen (secondary N) is 1. The topological polar surface area (TPSA) is 110 Å². The van der Waals surface area contributed by atoms with Crippen molar-refractivity contribution in [2.45, 2.75) is 32.3 Å². The number of halogens is 1. The van der Waals surface area contributed by atoms with Gasteiger partial charge in [0, 0.05) is 86.8 Å². The van der Waals surface area contributed by atoms with Crippen molar-refractivity contribution < 1.29 is 14.3 Å². The molecule has 1 aromatic carbocycles. The largest absolute Gasteiger partial charge is 0.392 e. The minimum Gasteiger partial charge on any atom is -0.392 e. The molecule has 11 nitrogen and oxygen atoms in total. The number of benzene rings is 1. The van der Waals surface area contributed by atoms with E-state index < -0.39 is 5.82 Å². The molecule has 0 bridgehead atoms. The van der Waals surface area contributed by atoms with Gasteiger partial charge in [-0.15, -0.1) is 10.2 Å². The van der Waals surface area contributed by atoms with Crippen molar-refractivity contribution in [3.63, 3.8) is 0 Å². The number of fused-ring (bicyclic) bond motifs is 2. The van der Waals surface area contributed by atoms with Gasteiger partial charge in [0.25, 0.3) is 5.56 Å². The Balaban J connectivity index is 1.19. The van der Waals surface area contributed by atoms with Crippen molar-refractivity contribution in [3.05, 3.63) is 81.4 Å². The van der Waals surface area contributed by atoms with Crippen LogP contribution in [0.1, 0.15) is 31.2 Å². The van der Waals surface area contributed by atoms with Crippen LogP contribution in [0.5, 0.6) is 0 Å². The number of aromatic nitrogens is 3. The van der Waals surface area contributed by atoms with E-state index in [0.717, 1.165) is 69.0 Å². The van der Waals surface area contributed by atoms with Crippen LogP contribution in [0.25, 0.3) is 11.1 Å². The van der Waals surface area contributed by atoms with E-state index in [1.807, 2.05) is 11.0 Å². The summed E-state index contributed by atoms with van der Waals surface area (Å²) in [6.45, 7) is 4.42. The molecular formula is C33H37FN8O3. The second kappa shape index (κ2) is 11.8. The average Bonchev–Trinajstić information content (AvgIpc) is 3.34. The fourth-order valence-electron chi connectivity index (χ4n) is 6.83. The van der Waals surface area contributed by atoms with E-state index in [0.29, 0.717) is 47.0 Å². The predicted molar refractivity (Wildman–Crippen MR) is 171 cm³/mol. The van der Waals surface area contributed by atoms with E-state index >= 15 is 4.39 Å². The van der Waals surface area contributed by atoms with E-state index in [2.05, 4.69) is 37.3 Å². The fraction of sp³-hybridized carbons (Fsp3) is 0.394. The number of allylic oxidation sites excluding steroid dienone is 2. The van der Waals surface area contributed by atoms with E-state index in [9.17, 15) is 14.7 Å². The Hall–Kier alpha value is -4.55. The number of aliphatic hydroxyl groups excluding tert-OH is 1. The van der Waals surface area contributed by atoms with Crippen molar-refractivity contribution in [2.24, 2.45) is 7.05 Å². The zero-order chi connectivity index (χ0) is 31.2. The molecule has 0 saturated carbocycles. The maximum absolute atomic E-state index is 15.3. The van der Waals surface area contributed by atoms with Crippen molar-refractivity contribution in [1.29, 1.82) is 0 Å². The highest BCUT2D eigenvalue weighted by Gasteiger charge is 2.38. The molecule has 4 aliphatic rings. The molecule has 234 valence electrons. The predicted octanol–water partition coefficient (Wildman–Crippen LogP) is 3.34. The molecule has 0 amide bonds. The number of likely N-dealkylation sites (N-methyl/N-ethyl adjacent to an activating group) is 1. The number of aryl methyl sites for hydroxylation is 1. The monoisotopic (exact) mass is 612 g/mol. The van der Waals surface area contributed by atoms with Crippen LogP contribution < -0.4 is 20.7 Å². The van der Waals surface area contributed by atoms with Gasteiger partial charge in [-0.25, -0.2) is 4.39 Å². The highest BCUT2D eigenvalue weighted by Crippen LogP contribution is 2.41. The van der Waals surface area contributed by atoms with Crippen LogP contribution in [0.2, 0.25) is 0 Å². The second-order valence-corrected chi connectivity index (χ2v) is 12.2. The number of carbonyl (C=O) groups is 1. The summed E-state index contributed by atoms with van der Waals surface area (Å²) in [4.78, 5) is 34.8. The van der Waals surface area contributed by atoms with Crippen molar-refractivity contribution in [1.82, 2.24) is 24.6 Å². The lowest BCUT2D eigenvalue weighted by molar-refractivity contribution is -0.112. The maximum atomic E-state index is 15.3. The quantitative estimate of drug-likeness (QED) is 0.430. The summed E-state index contributed by atoms with van der Waals surface area (Å²) in [6.07, 6.45) is 7.21. The van der Waals surface area contributed by atoms with Crippen LogP contribution >= 0.6 is 0 Å². The molecule has 0 spiro atoms. The molecule has 12 heteroatoms. The van der Waals surface area contributed by atoms with Gasteiger partial charge in [-0.3, -0.25) is 9.59 Å². The van der Waals surface area contributed by atoms with Gasteiger partial charge in [-0.2, -0.15) is 0 Å². The minimum atomic E-state index is -0.484. The summed E-state index contributed by atoms with van der Waals surface area (Å²) in [6, 6.07) is 8.08. The molecule has 2 N–H and O–H groups in total. The molecule has 45 heavy (non-hydrogen) atoms. The van der Waals surface area contributed by atoms with Gasteiger partial charge in [-0.1, -0.05) is 0 Å². The SMILES string of the molecule is CN1CCN(c2ccc(Nc3cc(-c4cc(F)cc(N5C=C6C(=O)C7=C(CCCC7)N6CC5)c4CO)cn(C)c3=O)nn2)CC1. The van der Waals surface area contributed by atoms with Gasteiger partial charge < -0.3 is 34.6 Å². The van der Waals surface area contributed by atoms with Crippen LogP contribution in [0.4, 0.5) is 27.4 Å². The second-order valence-electron chi connectivity index (χ2n) is 12.2. The van der Waals surface area contributed by atoms with Crippen LogP contribution in [0.15, 0.2) is 64.5 Å². The maximum Gasteiger partial charge on any atom is 0.274 e. The number of hydrogen-bond donors (Lipinski definition) is 2. The minimum absolute atomic E-state index is 0.0463. The van der Waals surface area contributed by atoms with Gasteiger partial charge in [0.05, 0.1) is 6.61 Å². The molecule has 0 radical (unpaired) electrons. The third kappa shape index (κ3) is 5.38. The molecule has 1 fully saturated rings. The van der Waals surface area contributed by atoms with Crippen LogP contribution in [0.3, 0.4) is 0 Å². The summed E-state index contributed by atoms with van der Waals surface area (Å²) < 4.78 is 16.7. The highest BCUT2D eigenvalue weighted by atomic mass is 19.1. The van der Waals surface area contributed by atoms with Crippen LogP contribution in [-0.2, 0) is 18.4 Å². The Bertz CT molecular complexity index is 1780. The Morgan fingerprint density at radius 3 is 2.51 bits per heavy atom. The number of piperazine rings is 1. The number of hydrogen-bond acceptors (Lipinski definition) is 10. The number of rotatable bonds is 6. The van der Waals surface area contributed by atoms with Gasteiger partial charge in [0.1, 0.15) is 17.2 Å². The van der Waals surface area contributed by atoms with Crippen molar-refractivity contribution >= 4 is 28.8 Å². The summed E-state index contributed by atoms with van der Waals surface area (Å²) in [7, 11) is 3.72. The molecule has 1 aliphatic carbocycles. The number of Topliss-reactive ketones (excluding diaryl/α,β-unsaturated/α-hetero) is 1. The smallest absolute Gasteiger partial charge is 0.274 e. The fourth-order valence-corrected chi connectivity index (χ4v) is 6.83. The summed E-state index contributed by atoms with van der Waals surface area (Å²) >= 11 is 0. The zero-order valence-corrected chi connectivity index (χ0v) is 25.6. The Morgan fingerprint density at radius 2 is 1.76 bits per heavy atom. The van der Waals surface area contributed by atoms with Gasteiger partial charge in [0.2, 0.25) is 5.78 Å².